The Bertz CT molecular complexity index is 1050. The number of carbonyl (C=O) groups is 1. The van der Waals surface area contributed by atoms with Gasteiger partial charge in [0, 0.05) is 31.8 Å². The first-order valence-electron chi connectivity index (χ1n) is 11.1. The summed E-state index contributed by atoms with van der Waals surface area (Å²) in [7, 11) is 3.58. The van der Waals surface area contributed by atoms with Crippen molar-refractivity contribution in [1.29, 1.82) is 0 Å². The van der Waals surface area contributed by atoms with E-state index >= 15 is 0 Å². The number of likely N-dealkylation sites (N-methyl/N-ethyl adjacent to an activating group) is 1. The third-order valence-corrected chi connectivity index (χ3v) is 8.11. The summed E-state index contributed by atoms with van der Waals surface area (Å²) in [6.07, 6.45) is 4.02. The number of fused-ring (bicyclic) bond motifs is 3. The zero-order chi connectivity index (χ0) is 23.6. The van der Waals surface area contributed by atoms with Crippen LogP contribution in [0.3, 0.4) is 0 Å². The van der Waals surface area contributed by atoms with Crippen molar-refractivity contribution in [1.82, 2.24) is 4.90 Å². The Balaban J connectivity index is 2.40. The molecule has 0 bridgehead atoms. The number of hydrogen-bond donors (Lipinski definition) is 1. The van der Waals surface area contributed by atoms with Crippen molar-refractivity contribution in [3.05, 3.63) is 41.6 Å². The van der Waals surface area contributed by atoms with Gasteiger partial charge in [0.05, 0.1) is 22.3 Å². The maximum Gasteiger partial charge on any atom is 0.166 e. The number of benzene rings is 2. The highest BCUT2D eigenvalue weighted by molar-refractivity contribution is 6.89. The van der Waals surface area contributed by atoms with Crippen LogP contribution in [0.25, 0.3) is 16.7 Å². The van der Waals surface area contributed by atoms with Gasteiger partial charge in [0.1, 0.15) is 11.5 Å². The largest absolute Gasteiger partial charge is 0.504 e. The number of ketones is 1. The Labute approximate surface area is 192 Å². The van der Waals surface area contributed by atoms with Crippen molar-refractivity contribution in [2.75, 3.05) is 27.8 Å². The zero-order valence-corrected chi connectivity index (χ0v) is 21.3. The number of nitrogens with zero attached hydrogens (tertiary/aromatic N) is 1. The fraction of sp³-hybridized carbons (Fsp3) is 0.423. The Hall–Kier alpha value is -2.73. The summed E-state index contributed by atoms with van der Waals surface area (Å²) >= 11 is 0. The second-order valence-electron chi connectivity index (χ2n) is 9.54. The zero-order valence-electron chi connectivity index (χ0n) is 20.3. The van der Waals surface area contributed by atoms with Crippen molar-refractivity contribution >= 4 is 24.6 Å². The molecule has 0 amide bonds. The first-order chi connectivity index (χ1) is 15.1. The van der Waals surface area contributed by atoms with Crippen LogP contribution < -0.4 is 14.7 Å². The van der Waals surface area contributed by atoms with Crippen LogP contribution in [-0.4, -0.2) is 51.7 Å². The van der Waals surface area contributed by atoms with E-state index in [-0.39, 0.29) is 11.5 Å². The van der Waals surface area contributed by atoms with Gasteiger partial charge in [-0.2, -0.15) is 0 Å². The van der Waals surface area contributed by atoms with Gasteiger partial charge in [-0.3, -0.25) is 0 Å². The van der Waals surface area contributed by atoms with Gasteiger partial charge < -0.3 is 24.3 Å². The monoisotopic (exact) mass is 453 g/mol. The van der Waals surface area contributed by atoms with E-state index in [9.17, 15) is 9.90 Å². The van der Waals surface area contributed by atoms with E-state index in [1.807, 2.05) is 12.1 Å². The Kier molecular flexibility index (Phi) is 7.03. The van der Waals surface area contributed by atoms with Gasteiger partial charge in [-0.05, 0) is 59.3 Å². The molecule has 3 rings (SSSR count). The van der Waals surface area contributed by atoms with E-state index in [1.54, 1.807) is 27.2 Å². The number of carbonyl (C=O) groups excluding carboxylic acids is 1. The maximum absolute atomic E-state index is 11.8. The summed E-state index contributed by atoms with van der Waals surface area (Å²) in [6.45, 7) is 9.42. The summed E-state index contributed by atoms with van der Waals surface area (Å²) in [6, 6.07) is 7.89. The number of rotatable bonds is 6. The minimum Gasteiger partial charge on any atom is -0.504 e. The van der Waals surface area contributed by atoms with Crippen LogP contribution in [0.15, 0.2) is 30.5 Å². The van der Waals surface area contributed by atoms with E-state index < -0.39 is 8.07 Å². The van der Waals surface area contributed by atoms with Crippen LogP contribution in [-0.2, 0) is 11.2 Å². The molecule has 0 atom stereocenters. The number of phenols is 1. The highest BCUT2D eigenvalue weighted by Gasteiger charge is 2.30. The summed E-state index contributed by atoms with van der Waals surface area (Å²) in [5.41, 5.74) is 4.98. The summed E-state index contributed by atoms with van der Waals surface area (Å²) in [5.74, 6) is 1.65. The van der Waals surface area contributed by atoms with Crippen molar-refractivity contribution in [2.45, 2.75) is 45.8 Å². The molecule has 0 radical (unpaired) electrons. The fourth-order valence-corrected chi connectivity index (χ4v) is 6.68. The minimum atomic E-state index is -1.78. The molecule has 172 valence electrons. The molecular formula is C26H35NO4Si. The number of allylic oxidation sites excluding steroid dienone is 1. The lowest BCUT2D eigenvalue weighted by atomic mass is 9.88. The predicted molar refractivity (Wildman–Crippen MR) is 134 cm³/mol. The number of methoxy groups -OCH3 is 2. The molecule has 0 unspecified atom stereocenters. The van der Waals surface area contributed by atoms with Crippen molar-refractivity contribution in [3.63, 3.8) is 0 Å². The lowest BCUT2D eigenvalue weighted by Crippen LogP contribution is -2.42. The average molecular weight is 454 g/mol. The molecule has 0 aromatic heterocycles. The first-order valence-corrected chi connectivity index (χ1v) is 14.6. The standard InChI is InChI=1S/C26H35NO4Si/c1-17(28)8-9-18-16-27(2)15-14-21-20(11-13-23(31-4)26(21)32(5,6)7)24-19(18)10-12-22(30-3)25(24)29/h10-13,16,29H,8-9,14-15H2,1-7H3/b18-16-. The SMILES string of the molecule is COc1ccc2c(c1O)-c1ccc(OC)c([Si](C)(C)C)c1CCN(C)/C=C\2CCC(C)=O. The van der Waals surface area contributed by atoms with Crippen LogP contribution in [0, 0.1) is 0 Å². The molecular weight excluding hydrogens is 418 g/mol. The molecule has 1 N–H and O–H groups in total. The highest BCUT2D eigenvalue weighted by atomic mass is 28.3. The molecule has 2 aromatic rings. The normalized spacial score (nSPS) is 15.5. The van der Waals surface area contributed by atoms with Crippen molar-refractivity contribution in [3.8, 4) is 28.4 Å². The molecule has 2 aromatic carbocycles. The fourth-order valence-electron chi connectivity index (χ4n) is 4.59. The van der Waals surface area contributed by atoms with Gasteiger partial charge in [0.25, 0.3) is 0 Å². The third kappa shape index (κ3) is 4.70. The van der Waals surface area contributed by atoms with E-state index in [2.05, 4.69) is 43.9 Å². The Morgan fingerprint density at radius 2 is 1.69 bits per heavy atom. The summed E-state index contributed by atoms with van der Waals surface area (Å²) in [5, 5.41) is 12.6. The molecule has 32 heavy (non-hydrogen) atoms. The number of ether oxygens (including phenoxy) is 2. The average Bonchev–Trinajstić information content (AvgIpc) is 2.78. The molecule has 0 saturated heterocycles. The van der Waals surface area contributed by atoms with E-state index in [0.717, 1.165) is 41.0 Å². The maximum atomic E-state index is 11.8. The van der Waals surface area contributed by atoms with Crippen LogP contribution in [0.2, 0.25) is 19.6 Å². The van der Waals surface area contributed by atoms with Crippen LogP contribution in [0.4, 0.5) is 0 Å². The summed E-state index contributed by atoms with van der Waals surface area (Å²) in [4.78, 5) is 14.0. The van der Waals surface area contributed by atoms with Crippen LogP contribution in [0.5, 0.6) is 17.2 Å². The van der Waals surface area contributed by atoms with E-state index in [4.69, 9.17) is 9.47 Å². The van der Waals surface area contributed by atoms with Crippen molar-refractivity contribution < 1.29 is 19.4 Å². The minimum absolute atomic E-state index is 0.135. The van der Waals surface area contributed by atoms with Gasteiger partial charge in [0.2, 0.25) is 0 Å². The predicted octanol–water partition coefficient (Wildman–Crippen LogP) is 4.82. The summed E-state index contributed by atoms with van der Waals surface area (Å²) < 4.78 is 11.3. The molecule has 1 aliphatic heterocycles. The number of Topliss-reactive ketones (excluding diaryl/α,β-unsaturated/α-hetero) is 1. The molecule has 0 spiro atoms. The van der Waals surface area contributed by atoms with Gasteiger partial charge >= 0.3 is 0 Å². The van der Waals surface area contributed by atoms with Crippen LogP contribution >= 0.6 is 0 Å². The molecule has 5 nitrogen and oxygen atoms in total. The smallest absolute Gasteiger partial charge is 0.166 e. The molecule has 0 saturated carbocycles. The lowest BCUT2D eigenvalue weighted by molar-refractivity contribution is -0.116. The number of phenolic OH excluding ortho intramolecular Hbond substituents is 1. The number of hydrogen-bond acceptors (Lipinski definition) is 5. The van der Waals surface area contributed by atoms with Gasteiger partial charge in [0.15, 0.2) is 11.5 Å². The first kappa shape index (κ1) is 23.9. The molecule has 0 fully saturated rings. The Morgan fingerprint density at radius 3 is 2.28 bits per heavy atom. The second kappa shape index (κ2) is 9.41. The molecule has 1 aliphatic rings. The molecule has 0 aliphatic carbocycles. The Morgan fingerprint density at radius 1 is 1.06 bits per heavy atom. The molecule has 1 heterocycles. The lowest BCUT2D eigenvalue weighted by Gasteiger charge is -2.27. The van der Waals surface area contributed by atoms with Crippen LogP contribution in [0.1, 0.15) is 30.9 Å². The molecule has 6 heteroatoms. The third-order valence-electron chi connectivity index (χ3n) is 6.06. The van der Waals surface area contributed by atoms with Gasteiger partial charge in [-0.15, -0.1) is 0 Å². The number of aromatic hydroxyl groups is 1. The highest BCUT2D eigenvalue weighted by Crippen LogP contribution is 2.45. The second-order valence-corrected chi connectivity index (χ2v) is 14.5. The topological polar surface area (TPSA) is 59.0 Å². The van der Waals surface area contributed by atoms with Gasteiger partial charge in [-0.25, -0.2) is 0 Å². The van der Waals surface area contributed by atoms with E-state index in [0.29, 0.717) is 18.6 Å². The quantitative estimate of drug-likeness (QED) is 0.636. The van der Waals surface area contributed by atoms with Gasteiger partial charge in [-0.1, -0.05) is 31.8 Å². The van der Waals surface area contributed by atoms with Crippen molar-refractivity contribution in [2.24, 2.45) is 0 Å². The van der Waals surface area contributed by atoms with E-state index in [1.165, 1.54) is 10.8 Å².